The highest BCUT2D eigenvalue weighted by Crippen LogP contribution is 2.17. The molecule has 0 aromatic rings. The molecule has 2 nitrogen and oxygen atoms in total. The molecule has 0 radical (unpaired) electrons. The van der Waals surface area contributed by atoms with E-state index in [0.717, 1.165) is 26.1 Å². The first-order chi connectivity index (χ1) is 5.16. The van der Waals surface area contributed by atoms with Gasteiger partial charge in [0, 0.05) is 13.1 Å². The van der Waals surface area contributed by atoms with Crippen LogP contribution in [0.3, 0.4) is 0 Å². The highest BCUT2D eigenvalue weighted by molar-refractivity contribution is 4.79. The van der Waals surface area contributed by atoms with Crippen LogP contribution in [-0.2, 0) is 4.74 Å². The van der Waals surface area contributed by atoms with E-state index >= 15 is 0 Å². The van der Waals surface area contributed by atoms with Crippen molar-refractivity contribution in [3.63, 3.8) is 0 Å². The van der Waals surface area contributed by atoms with Gasteiger partial charge >= 0.3 is 0 Å². The molecule has 0 amide bonds. The quantitative estimate of drug-likeness (QED) is 0.621. The third-order valence-corrected chi connectivity index (χ3v) is 2.46. The lowest BCUT2D eigenvalue weighted by molar-refractivity contribution is -0.0310. The maximum atomic E-state index is 5.79. The Kier molecular flexibility index (Phi) is 2.90. The molecule has 0 saturated carbocycles. The molecule has 11 heavy (non-hydrogen) atoms. The van der Waals surface area contributed by atoms with E-state index in [0.29, 0.717) is 5.92 Å². The zero-order chi connectivity index (χ0) is 8.32. The van der Waals surface area contributed by atoms with E-state index in [-0.39, 0.29) is 5.60 Å². The normalized spacial score (nSPS) is 40.1. The Bertz CT molecular complexity index is 127. The average Bonchev–Trinajstić information content (AvgIpc) is 2.15. The Morgan fingerprint density at radius 1 is 1.64 bits per heavy atom. The summed E-state index contributed by atoms with van der Waals surface area (Å²) in [6, 6.07) is 0. The smallest absolute Gasteiger partial charge is 0.0775 e. The van der Waals surface area contributed by atoms with Gasteiger partial charge < -0.3 is 10.1 Å². The number of rotatable bonds is 1. The van der Waals surface area contributed by atoms with Crippen molar-refractivity contribution in [3.05, 3.63) is 0 Å². The lowest BCUT2D eigenvalue weighted by Gasteiger charge is -2.26. The predicted octanol–water partition coefficient (Wildman–Crippen LogP) is 1.41. The van der Waals surface area contributed by atoms with E-state index in [1.807, 2.05) is 0 Å². The van der Waals surface area contributed by atoms with Crippen LogP contribution in [0, 0.1) is 5.92 Å². The molecule has 0 aliphatic carbocycles. The van der Waals surface area contributed by atoms with Crippen LogP contribution in [-0.4, -0.2) is 25.3 Å². The van der Waals surface area contributed by atoms with Gasteiger partial charge in [-0.3, -0.25) is 0 Å². The van der Waals surface area contributed by atoms with Crippen molar-refractivity contribution in [1.82, 2.24) is 5.32 Å². The Morgan fingerprint density at radius 2 is 2.36 bits per heavy atom. The third-order valence-electron chi connectivity index (χ3n) is 2.46. The summed E-state index contributed by atoms with van der Waals surface area (Å²) in [5.41, 5.74) is 0.0742. The highest BCUT2D eigenvalue weighted by Gasteiger charge is 2.25. The van der Waals surface area contributed by atoms with E-state index in [9.17, 15) is 0 Å². The fourth-order valence-electron chi connectivity index (χ4n) is 1.26. The van der Waals surface area contributed by atoms with Crippen molar-refractivity contribution in [2.75, 3.05) is 19.7 Å². The van der Waals surface area contributed by atoms with E-state index in [4.69, 9.17) is 4.74 Å². The van der Waals surface area contributed by atoms with Crippen molar-refractivity contribution in [1.29, 1.82) is 0 Å². The molecule has 1 heterocycles. The zero-order valence-electron chi connectivity index (χ0n) is 7.81. The summed E-state index contributed by atoms with van der Waals surface area (Å²) in [5, 5.41) is 3.41. The minimum Gasteiger partial charge on any atom is -0.374 e. The summed E-state index contributed by atoms with van der Waals surface area (Å²) < 4.78 is 5.79. The van der Waals surface area contributed by atoms with Crippen molar-refractivity contribution >= 4 is 0 Å². The molecule has 0 bridgehead atoms. The van der Waals surface area contributed by atoms with Gasteiger partial charge in [0.25, 0.3) is 0 Å². The molecule has 1 rings (SSSR count). The molecule has 0 aromatic carbocycles. The van der Waals surface area contributed by atoms with Gasteiger partial charge in [0.2, 0.25) is 0 Å². The second-order valence-electron chi connectivity index (χ2n) is 3.85. The number of hydrogen-bond acceptors (Lipinski definition) is 2. The van der Waals surface area contributed by atoms with Gasteiger partial charge in [0.05, 0.1) is 12.2 Å². The fourth-order valence-corrected chi connectivity index (χ4v) is 1.26. The Hall–Kier alpha value is -0.0800. The van der Waals surface area contributed by atoms with Gasteiger partial charge in [-0.2, -0.15) is 0 Å². The van der Waals surface area contributed by atoms with Gasteiger partial charge in [-0.15, -0.1) is 0 Å². The lowest BCUT2D eigenvalue weighted by Crippen LogP contribution is -2.37. The van der Waals surface area contributed by atoms with Crippen LogP contribution in [0.1, 0.15) is 27.2 Å². The molecule has 1 aliphatic rings. The Balaban J connectivity index is 2.45. The summed E-state index contributed by atoms with van der Waals surface area (Å²) >= 11 is 0. The molecule has 1 saturated heterocycles. The fraction of sp³-hybridized carbons (Fsp3) is 1.00. The van der Waals surface area contributed by atoms with Gasteiger partial charge in [-0.25, -0.2) is 0 Å². The summed E-state index contributed by atoms with van der Waals surface area (Å²) in [6.07, 6.45) is 1.09. The Labute approximate surface area is 69.3 Å². The first-order valence-corrected chi connectivity index (χ1v) is 4.51. The highest BCUT2D eigenvalue weighted by atomic mass is 16.5. The average molecular weight is 157 g/mol. The van der Waals surface area contributed by atoms with Gasteiger partial charge in [-0.05, 0) is 19.3 Å². The zero-order valence-corrected chi connectivity index (χ0v) is 7.81. The summed E-state index contributed by atoms with van der Waals surface area (Å²) in [7, 11) is 0. The number of hydrogen-bond donors (Lipinski definition) is 1. The Morgan fingerprint density at radius 3 is 3.00 bits per heavy atom. The molecular formula is C9H19NO. The molecular weight excluding hydrogens is 138 g/mol. The molecule has 1 aliphatic heterocycles. The van der Waals surface area contributed by atoms with Gasteiger partial charge in [0.1, 0.15) is 0 Å². The number of ether oxygens (including phenoxy) is 1. The van der Waals surface area contributed by atoms with Crippen LogP contribution in [0.15, 0.2) is 0 Å². The minimum atomic E-state index is 0.0742. The maximum Gasteiger partial charge on any atom is 0.0775 e. The van der Waals surface area contributed by atoms with Crippen molar-refractivity contribution in [3.8, 4) is 0 Å². The largest absolute Gasteiger partial charge is 0.374 e. The van der Waals surface area contributed by atoms with Crippen LogP contribution in [0.25, 0.3) is 0 Å². The second-order valence-corrected chi connectivity index (χ2v) is 3.85. The number of nitrogens with one attached hydrogen (secondary N) is 1. The predicted molar refractivity (Wildman–Crippen MR) is 46.7 cm³/mol. The van der Waals surface area contributed by atoms with Crippen LogP contribution < -0.4 is 5.32 Å². The lowest BCUT2D eigenvalue weighted by atomic mass is 10.0. The molecule has 2 atom stereocenters. The van der Waals surface area contributed by atoms with E-state index in [2.05, 4.69) is 26.1 Å². The second kappa shape index (κ2) is 3.55. The molecule has 2 heteroatoms. The van der Waals surface area contributed by atoms with Crippen LogP contribution in [0.4, 0.5) is 0 Å². The summed E-state index contributed by atoms with van der Waals surface area (Å²) in [4.78, 5) is 0. The van der Waals surface area contributed by atoms with Crippen LogP contribution in [0.5, 0.6) is 0 Å². The van der Waals surface area contributed by atoms with Gasteiger partial charge in [0.15, 0.2) is 0 Å². The van der Waals surface area contributed by atoms with E-state index in [1.165, 1.54) is 0 Å². The van der Waals surface area contributed by atoms with E-state index in [1.54, 1.807) is 0 Å². The van der Waals surface area contributed by atoms with Crippen LogP contribution in [0.2, 0.25) is 0 Å². The SMILES string of the molecule is CCC1(C)CNCC(C)CO1. The summed E-state index contributed by atoms with van der Waals surface area (Å²) in [5.74, 6) is 0.656. The first kappa shape index (κ1) is 9.01. The van der Waals surface area contributed by atoms with Crippen molar-refractivity contribution in [2.45, 2.75) is 32.8 Å². The molecule has 66 valence electrons. The van der Waals surface area contributed by atoms with Crippen molar-refractivity contribution < 1.29 is 4.74 Å². The molecule has 0 aromatic heterocycles. The van der Waals surface area contributed by atoms with E-state index < -0.39 is 0 Å². The molecule has 1 N–H and O–H groups in total. The molecule has 2 unspecified atom stereocenters. The van der Waals surface area contributed by atoms with Crippen molar-refractivity contribution in [2.24, 2.45) is 5.92 Å². The third kappa shape index (κ3) is 2.46. The van der Waals surface area contributed by atoms with Gasteiger partial charge in [-0.1, -0.05) is 13.8 Å². The summed E-state index contributed by atoms with van der Waals surface area (Å²) in [6.45, 7) is 9.56. The maximum absolute atomic E-state index is 5.79. The first-order valence-electron chi connectivity index (χ1n) is 4.51. The minimum absolute atomic E-state index is 0.0742. The standard InChI is InChI=1S/C9H19NO/c1-4-9(3)7-10-5-8(2)6-11-9/h8,10H,4-7H2,1-3H3. The molecule has 0 spiro atoms. The molecule has 1 fully saturated rings. The van der Waals surface area contributed by atoms with Crippen LogP contribution >= 0.6 is 0 Å². The topological polar surface area (TPSA) is 21.3 Å². The monoisotopic (exact) mass is 157 g/mol.